The van der Waals surface area contributed by atoms with Crippen LogP contribution in [-0.4, -0.2) is 40.1 Å². The molecule has 6 nitrogen and oxygen atoms in total. The van der Waals surface area contributed by atoms with E-state index in [1.54, 1.807) is 17.8 Å². The average molecular weight is 350 g/mol. The average Bonchev–Trinajstić information content (AvgIpc) is 2.77. The van der Waals surface area contributed by atoms with Crippen LogP contribution < -0.4 is 5.32 Å². The molecule has 0 fully saturated rings. The maximum Gasteiger partial charge on any atom is 0.329 e. The summed E-state index contributed by atoms with van der Waals surface area (Å²) in [6, 6.07) is -0.783. The van der Waals surface area contributed by atoms with Crippen molar-refractivity contribution < 1.29 is 14.3 Å². The smallest absolute Gasteiger partial charge is 0.329 e. The van der Waals surface area contributed by atoms with Gasteiger partial charge in [0.15, 0.2) is 5.69 Å². The predicted molar refractivity (Wildman–Crippen MR) is 77.3 cm³/mol. The number of aryl methyl sites for hydroxylation is 1. The lowest BCUT2D eigenvalue weighted by Gasteiger charge is -2.14. The summed E-state index contributed by atoms with van der Waals surface area (Å²) in [6.07, 6.45) is 1.70. The molecule has 106 valence electrons. The summed E-state index contributed by atoms with van der Waals surface area (Å²) in [4.78, 5) is 23.6. The Kier molecular flexibility index (Phi) is 6.36. The summed E-state index contributed by atoms with van der Waals surface area (Å²) < 4.78 is 7.05. The van der Waals surface area contributed by atoms with Gasteiger partial charge in [0, 0.05) is 18.5 Å². The summed E-state index contributed by atoms with van der Waals surface area (Å²) >= 11 is 7.29. The number of ether oxygens (including phenoxy) is 1. The molecule has 0 unspecified atom stereocenters. The van der Waals surface area contributed by atoms with Gasteiger partial charge in [0.1, 0.15) is 6.04 Å². The highest BCUT2D eigenvalue weighted by atomic mass is 79.9. The number of nitrogens with zero attached hydrogens (tertiary/aromatic N) is 2. The number of aromatic nitrogens is 2. The molecule has 0 bridgehead atoms. The summed E-state index contributed by atoms with van der Waals surface area (Å²) in [5, 5.41) is 6.65. The van der Waals surface area contributed by atoms with Gasteiger partial charge in [-0.25, -0.2) is 4.79 Å². The van der Waals surface area contributed by atoms with E-state index in [0.717, 1.165) is 0 Å². The number of amides is 1. The SMILES string of the molecule is CCOC(=O)[C@H](CS)NC(=O)c1nn(CC)cc1Br. The van der Waals surface area contributed by atoms with E-state index in [1.165, 1.54) is 0 Å². The van der Waals surface area contributed by atoms with Crippen LogP contribution in [0.4, 0.5) is 0 Å². The Morgan fingerprint density at radius 3 is 2.74 bits per heavy atom. The van der Waals surface area contributed by atoms with Gasteiger partial charge < -0.3 is 10.1 Å². The lowest BCUT2D eigenvalue weighted by molar-refractivity contribution is -0.144. The first-order chi connectivity index (χ1) is 9.03. The number of carbonyl (C=O) groups is 2. The predicted octanol–water partition coefficient (Wildman–Crippen LogP) is 1.26. The third-order valence-electron chi connectivity index (χ3n) is 2.32. The number of halogens is 1. The van der Waals surface area contributed by atoms with E-state index in [-0.39, 0.29) is 18.1 Å². The number of nitrogens with one attached hydrogen (secondary N) is 1. The zero-order valence-electron chi connectivity index (χ0n) is 10.7. The monoisotopic (exact) mass is 349 g/mol. The minimum atomic E-state index is -0.783. The van der Waals surface area contributed by atoms with Gasteiger partial charge in [-0.05, 0) is 29.8 Å². The molecule has 1 amide bonds. The maximum atomic E-state index is 12.0. The van der Waals surface area contributed by atoms with E-state index in [1.807, 2.05) is 6.92 Å². The molecule has 0 spiro atoms. The van der Waals surface area contributed by atoms with Gasteiger partial charge in [-0.1, -0.05) is 0 Å². The number of esters is 1. The van der Waals surface area contributed by atoms with Crippen molar-refractivity contribution in [1.29, 1.82) is 0 Å². The second kappa shape index (κ2) is 7.54. The molecule has 1 aromatic rings. The molecule has 1 aromatic heterocycles. The van der Waals surface area contributed by atoms with Crippen molar-refractivity contribution in [3.05, 3.63) is 16.4 Å². The quantitative estimate of drug-likeness (QED) is 0.598. The Morgan fingerprint density at radius 2 is 2.26 bits per heavy atom. The Morgan fingerprint density at radius 1 is 1.58 bits per heavy atom. The minimum absolute atomic E-state index is 0.163. The van der Waals surface area contributed by atoms with Crippen LogP contribution in [0.5, 0.6) is 0 Å². The molecule has 1 N–H and O–H groups in total. The highest BCUT2D eigenvalue weighted by Gasteiger charge is 2.23. The molecule has 8 heteroatoms. The molecule has 1 atom stereocenters. The molecule has 1 rings (SSSR count). The van der Waals surface area contributed by atoms with Gasteiger partial charge >= 0.3 is 5.97 Å². The first-order valence-electron chi connectivity index (χ1n) is 5.84. The summed E-state index contributed by atoms with van der Waals surface area (Å²) in [7, 11) is 0. The Hall–Kier alpha value is -1.02. The largest absolute Gasteiger partial charge is 0.464 e. The first kappa shape index (κ1) is 16.0. The van der Waals surface area contributed by atoms with Crippen molar-refractivity contribution in [1.82, 2.24) is 15.1 Å². The van der Waals surface area contributed by atoms with E-state index < -0.39 is 17.9 Å². The normalized spacial score (nSPS) is 12.0. The standard InChI is InChI=1S/C11H16BrN3O3S/c1-3-15-5-7(12)9(14-15)10(16)13-8(6-19)11(17)18-4-2/h5,8,19H,3-4,6H2,1-2H3,(H,13,16)/t8-/m0/s1. The van der Waals surface area contributed by atoms with Gasteiger partial charge in [0.2, 0.25) is 0 Å². The zero-order valence-corrected chi connectivity index (χ0v) is 13.2. The lowest BCUT2D eigenvalue weighted by atomic mass is 10.3. The van der Waals surface area contributed by atoms with Gasteiger partial charge in [-0.2, -0.15) is 17.7 Å². The van der Waals surface area contributed by atoms with E-state index in [9.17, 15) is 9.59 Å². The van der Waals surface area contributed by atoms with Gasteiger partial charge in [-0.3, -0.25) is 9.48 Å². The van der Waals surface area contributed by atoms with E-state index in [2.05, 4.69) is 39.0 Å². The molecule has 19 heavy (non-hydrogen) atoms. The first-order valence-corrected chi connectivity index (χ1v) is 7.27. The molecule has 0 radical (unpaired) electrons. The lowest BCUT2D eigenvalue weighted by Crippen LogP contribution is -2.43. The van der Waals surface area contributed by atoms with Crippen LogP contribution in [0.3, 0.4) is 0 Å². The van der Waals surface area contributed by atoms with Crippen molar-refractivity contribution in [3.63, 3.8) is 0 Å². The van der Waals surface area contributed by atoms with Crippen molar-refractivity contribution in [2.24, 2.45) is 0 Å². The highest BCUT2D eigenvalue weighted by molar-refractivity contribution is 9.10. The molecule has 0 aromatic carbocycles. The fraction of sp³-hybridized carbons (Fsp3) is 0.545. The second-order valence-corrected chi connectivity index (χ2v) is 4.86. The van der Waals surface area contributed by atoms with Gasteiger partial charge in [-0.15, -0.1) is 0 Å². The van der Waals surface area contributed by atoms with Crippen LogP contribution in [-0.2, 0) is 16.1 Å². The van der Waals surface area contributed by atoms with Gasteiger partial charge in [0.05, 0.1) is 11.1 Å². The second-order valence-electron chi connectivity index (χ2n) is 3.64. The van der Waals surface area contributed by atoms with E-state index in [0.29, 0.717) is 11.0 Å². The Balaban J connectivity index is 2.76. The third kappa shape index (κ3) is 4.24. The molecule has 0 aliphatic carbocycles. The number of thiol groups is 1. The van der Waals surface area contributed by atoms with Crippen molar-refractivity contribution in [2.75, 3.05) is 12.4 Å². The third-order valence-corrected chi connectivity index (χ3v) is 3.26. The molecule has 0 saturated heterocycles. The molecular formula is C11H16BrN3O3S. The topological polar surface area (TPSA) is 73.2 Å². The number of hydrogen-bond donors (Lipinski definition) is 2. The fourth-order valence-electron chi connectivity index (χ4n) is 1.36. The van der Waals surface area contributed by atoms with E-state index in [4.69, 9.17) is 4.74 Å². The molecule has 0 aliphatic heterocycles. The Labute approximate surface area is 125 Å². The summed E-state index contributed by atoms with van der Waals surface area (Å²) in [5.41, 5.74) is 0.234. The highest BCUT2D eigenvalue weighted by Crippen LogP contribution is 2.15. The minimum Gasteiger partial charge on any atom is -0.464 e. The number of hydrogen-bond acceptors (Lipinski definition) is 5. The van der Waals surface area contributed by atoms with Crippen molar-refractivity contribution >= 4 is 40.4 Å². The maximum absolute atomic E-state index is 12.0. The van der Waals surface area contributed by atoms with Crippen molar-refractivity contribution in [2.45, 2.75) is 26.4 Å². The van der Waals surface area contributed by atoms with Crippen LogP contribution in [0.15, 0.2) is 10.7 Å². The van der Waals surface area contributed by atoms with Crippen LogP contribution in [0, 0.1) is 0 Å². The Bertz CT molecular complexity index is 464. The van der Waals surface area contributed by atoms with Crippen molar-refractivity contribution in [3.8, 4) is 0 Å². The zero-order chi connectivity index (χ0) is 14.4. The van der Waals surface area contributed by atoms with E-state index >= 15 is 0 Å². The summed E-state index contributed by atoms with van der Waals surface area (Å²) in [5.74, 6) is -0.778. The number of rotatable bonds is 6. The van der Waals surface area contributed by atoms with Crippen LogP contribution in [0.25, 0.3) is 0 Å². The molecule has 1 heterocycles. The van der Waals surface area contributed by atoms with Gasteiger partial charge in [0.25, 0.3) is 5.91 Å². The van der Waals surface area contributed by atoms with Crippen LogP contribution in [0.2, 0.25) is 0 Å². The molecular weight excluding hydrogens is 334 g/mol. The number of carbonyl (C=O) groups excluding carboxylic acids is 2. The van der Waals surface area contributed by atoms with Crippen LogP contribution >= 0.6 is 28.6 Å². The molecule has 0 aliphatic rings. The summed E-state index contributed by atoms with van der Waals surface area (Å²) in [6.45, 7) is 4.53. The fourth-order valence-corrected chi connectivity index (χ4v) is 2.10. The van der Waals surface area contributed by atoms with Crippen LogP contribution in [0.1, 0.15) is 24.3 Å². The molecule has 0 saturated carbocycles.